The highest BCUT2D eigenvalue weighted by Crippen LogP contribution is 2.27. The van der Waals surface area contributed by atoms with Crippen molar-refractivity contribution >= 4 is 21.4 Å². The summed E-state index contributed by atoms with van der Waals surface area (Å²) >= 11 is 0. The minimum Gasteiger partial charge on any atom is -0.508 e. The first-order valence-corrected chi connectivity index (χ1v) is 14.9. The highest BCUT2D eigenvalue weighted by Gasteiger charge is 2.25. The number of hydrogen-bond acceptors (Lipinski definition) is 5. The van der Waals surface area contributed by atoms with E-state index in [1.54, 1.807) is 54.6 Å². The number of piperazine rings is 1. The third-order valence-electron chi connectivity index (χ3n) is 7.25. The van der Waals surface area contributed by atoms with Crippen LogP contribution in [0.2, 0.25) is 0 Å². The number of benzene rings is 4. The molecule has 1 aliphatic heterocycles. The van der Waals surface area contributed by atoms with Crippen molar-refractivity contribution in [3.63, 3.8) is 0 Å². The molecule has 39 heavy (non-hydrogen) atoms. The fourth-order valence-corrected chi connectivity index (χ4v) is 6.48. The fourth-order valence-electron chi connectivity index (χ4n) is 5.01. The lowest BCUT2D eigenvalue weighted by molar-refractivity contribution is 0.255. The first-order chi connectivity index (χ1) is 19.0. The van der Waals surface area contributed by atoms with Crippen molar-refractivity contribution in [1.82, 2.24) is 4.90 Å². The van der Waals surface area contributed by atoms with Gasteiger partial charge in [0.15, 0.2) is 0 Å². The standard InChI is InChI=1S/C32H35N3O3S/c36-31-19-15-28(16-20-31)26-35(39(37,38)32-11-5-2-6-12-32)30-17-13-27(14-18-30)8-7-21-33-22-24-34(25-23-33)29-9-3-1-4-10-29/h1-6,9-20,36H,7-8,21-26H2. The summed E-state index contributed by atoms with van der Waals surface area (Å²) < 4.78 is 28.7. The summed E-state index contributed by atoms with van der Waals surface area (Å²) in [5.41, 5.74) is 3.91. The lowest BCUT2D eigenvalue weighted by Gasteiger charge is -2.36. The molecule has 6 nitrogen and oxygen atoms in total. The molecule has 5 rings (SSSR count). The van der Waals surface area contributed by atoms with Crippen LogP contribution in [0.3, 0.4) is 0 Å². The number of phenols is 1. The first kappa shape index (κ1) is 26.8. The predicted octanol–water partition coefficient (Wildman–Crippen LogP) is 5.54. The van der Waals surface area contributed by atoms with Crippen molar-refractivity contribution in [1.29, 1.82) is 0 Å². The number of hydrogen-bond donors (Lipinski definition) is 1. The number of anilines is 2. The Morgan fingerprint density at radius 1 is 0.692 bits per heavy atom. The topological polar surface area (TPSA) is 64.1 Å². The molecule has 202 valence electrons. The molecule has 0 saturated carbocycles. The van der Waals surface area contributed by atoms with Crippen LogP contribution in [0.4, 0.5) is 11.4 Å². The van der Waals surface area contributed by atoms with Gasteiger partial charge in [-0.25, -0.2) is 8.42 Å². The van der Waals surface area contributed by atoms with E-state index in [2.05, 4.69) is 40.1 Å². The average Bonchev–Trinajstić information content (AvgIpc) is 2.98. The minimum absolute atomic E-state index is 0.152. The highest BCUT2D eigenvalue weighted by molar-refractivity contribution is 7.92. The molecule has 4 aromatic carbocycles. The van der Waals surface area contributed by atoms with Gasteiger partial charge in [-0.3, -0.25) is 9.21 Å². The molecular weight excluding hydrogens is 506 g/mol. The van der Waals surface area contributed by atoms with Gasteiger partial charge in [-0.1, -0.05) is 60.7 Å². The van der Waals surface area contributed by atoms with Crippen molar-refractivity contribution in [2.45, 2.75) is 24.3 Å². The van der Waals surface area contributed by atoms with Crippen LogP contribution < -0.4 is 9.21 Å². The van der Waals surface area contributed by atoms with E-state index in [0.717, 1.165) is 51.1 Å². The molecule has 0 amide bonds. The second-order valence-corrected chi connectivity index (χ2v) is 11.8. The van der Waals surface area contributed by atoms with Crippen LogP contribution in [0.15, 0.2) is 114 Å². The summed E-state index contributed by atoms with van der Waals surface area (Å²) in [5, 5.41) is 9.65. The molecule has 1 N–H and O–H groups in total. The van der Waals surface area contributed by atoms with E-state index < -0.39 is 10.0 Å². The Morgan fingerprint density at radius 2 is 1.28 bits per heavy atom. The second-order valence-electron chi connectivity index (χ2n) is 9.93. The molecule has 0 aliphatic carbocycles. The summed E-state index contributed by atoms with van der Waals surface area (Å²) in [6.45, 7) is 5.46. The maximum Gasteiger partial charge on any atom is 0.264 e. The van der Waals surface area contributed by atoms with Crippen molar-refractivity contribution in [3.05, 3.63) is 120 Å². The number of aryl methyl sites for hydroxylation is 1. The normalized spacial score (nSPS) is 14.3. The fraction of sp³-hybridized carbons (Fsp3) is 0.250. The Kier molecular flexibility index (Phi) is 8.49. The van der Waals surface area contributed by atoms with Gasteiger partial charge in [-0.2, -0.15) is 0 Å². The van der Waals surface area contributed by atoms with Gasteiger partial charge in [0.25, 0.3) is 10.0 Å². The molecule has 0 unspecified atom stereocenters. The molecule has 0 bridgehead atoms. The lowest BCUT2D eigenvalue weighted by Crippen LogP contribution is -2.46. The summed E-state index contributed by atoms with van der Waals surface area (Å²) in [5.74, 6) is 0.152. The molecule has 7 heteroatoms. The third-order valence-corrected chi connectivity index (χ3v) is 9.04. The van der Waals surface area contributed by atoms with E-state index in [9.17, 15) is 13.5 Å². The summed E-state index contributed by atoms with van der Waals surface area (Å²) in [4.78, 5) is 5.22. The SMILES string of the molecule is O=S(=O)(c1ccccc1)N(Cc1ccc(O)cc1)c1ccc(CCCN2CCN(c3ccccc3)CC2)cc1. The minimum atomic E-state index is -3.77. The number of aromatic hydroxyl groups is 1. The zero-order valence-corrected chi connectivity index (χ0v) is 22.9. The molecule has 1 aliphatic rings. The molecular formula is C32H35N3O3S. The van der Waals surface area contributed by atoms with Gasteiger partial charge in [0.1, 0.15) is 5.75 Å². The van der Waals surface area contributed by atoms with E-state index in [1.165, 1.54) is 15.6 Å². The Labute approximate surface area is 231 Å². The van der Waals surface area contributed by atoms with Crippen molar-refractivity contribution < 1.29 is 13.5 Å². The molecule has 0 radical (unpaired) electrons. The van der Waals surface area contributed by atoms with Gasteiger partial charge in [0, 0.05) is 31.9 Å². The Balaban J connectivity index is 1.21. The molecule has 1 fully saturated rings. The van der Waals surface area contributed by atoms with Crippen LogP contribution in [-0.2, 0) is 23.0 Å². The van der Waals surface area contributed by atoms with Gasteiger partial charge in [0.2, 0.25) is 0 Å². The number of para-hydroxylation sites is 1. The van der Waals surface area contributed by atoms with Crippen molar-refractivity contribution in [2.75, 3.05) is 41.9 Å². The predicted molar refractivity (Wildman–Crippen MR) is 158 cm³/mol. The zero-order chi connectivity index (χ0) is 27.1. The van der Waals surface area contributed by atoms with Crippen LogP contribution in [0.25, 0.3) is 0 Å². The summed E-state index contributed by atoms with van der Waals surface area (Å²) in [6, 6.07) is 33.6. The molecule has 0 atom stereocenters. The monoisotopic (exact) mass is 541 g/mol. The molecule has 0 aromatic heterocycles. The van der Waals surface area contributed by atoms with Crippen LogP contribution in [0.5, 0.6) is 5.75 Å². The van der Waals surface area contributed by atoms with Gasteiger partial charge in [-0.15, -0.1) is 0 Å². The van der Waals surface area contributed by atoms with Gasteiger partial charge < -0.3 is 10.0 Å². The van der Waals surface area contributed by atoms with Gasteiger partial charge >= 0.3 is 0 Å². The number of sulfonamides is 1. The highest BCUT2D eigenvalue weighted by atomic mass is 32.2. The summed E-state index contributed by atoms with van der Waals surface area (Å²) in [7, 11) is -3.77. The molecule has 1 heterocycles. The number of rotatable bonds is 10. The van der Waals surface area contributed by atoms with Crippen LogP contribution in [0.1, 0.15) is 17.5 Å². The van der Waals surface area contributed by atoms with E-state index >= 15 is 0 Å². The smallest absolute Gasteiger partial charge is 0.264 e. The van der Waals surface area contributed by atoms with E-state index in [1.807, 2.05) is 24.3 Å². The first-order valence-electron chi connectivity index (χ1n) is 13.5. The van der Waals surface area contributed by atoms with Gasteiger partial charge in [0.05, 0.1) is 17.1 Å². The molecule has 4 aromatic rings. The maximum absolute atomic E-state index is 13.6. The molecule has 0 spiro atoms. The largest absolute Gasteiger partial charge is 0.508 e. The van der Waals surface area contributed by atoms with E-state index in [0.29, 0.717) is 5.69 Å². The summed E-state index contributed by atoms with van der Waals surface area (Å²) in [6.07, 6.45) is 2.01. The average molecular weight is 542 g/mol. The van der Waals surface area contributed by atoms with Crippen LogP contribution in [-0.4, -0.2) is 51.1 Å². The zero-order valence-electron chi connectivity index (χ0n) is 22.1. The van der Waals surface area contributed by atoms with Gasteiger partial charge in [-0.05, 0) is 79.0 Å². The Morgan fingerprint density at radius 3 is 1.92 bits per heavy atom. The quantitative estimate of drug-likeness (QED) is 0.286. The van der Waals surface area contributed by atoms with E-state index in [-0.39, 0.29) is 17.2 Å². The number of phenolic OH excluding ortho intramolecular Hbond substituents is 1. The Bertz CT molecular complexity index is 1420. The number of nitrogens with zero attached hydrogens (tertiary/aromatic N) is 3. The maximum atomic E-state index is 13.6. The van der Waals surface area contributed by atoms with Crippen molar-refractivity contribution in [2.24, 2.45) is 0 Å². The lowest BCUT2D eigenvalue weighted by atomic mass is 10.1. The second kappa shape index (κ2) is 12.4. The molecule has 1 saturated heterocycles. The van der Waals surface area contributed by atoms with Crippen LogP contribution >= 0.6 is 0 Å². The third kappa shape index (κ3) is 6.80. The Hall–Kier alpha value is -3.81. The van der Waals surface area contributed by atoms with E-state index in [4.69, 9.17) is 0 Å². The van der Waals surface area contributed by atoms with Crippen LogP contribution in [0, 0.1) is 0 Å². The van der Waals surface area contributed by atoms with Crippen molar-refractivity contribution in [3.8, 4) is 5.75 Å².